The van der Waals surface area contributed by atoms with Gasteiger partial charge in [0.1, 0.15) is 5.75 Å². The summed E-state index contributed by atoms with van der Waals surface area (Å²) in [6.07, 6.45) is 0.440. The molecular formula is C10H13F2NO2. The zero-order chi connectivity index (χ0) is 11.3. The number of alkyl halides is 2. The zero-order valence-electron chi connectivity index (χ0n) is 8.07. The summed E-state index contributed by atoms with van der Waals surface area (Å²) in [5.74, 6) is 0.102. The molecule has 0 saturated heterocycles. The van der Waals surface area contributed by atoms with Crippen molar-refractivity contribution in [1.82, 2.24) is 0 Å². The normalized spacial score (nSPS) is 12.9. The number of aliphatic hydroxyl groups is 1. The lowest BCUT2D eigenvalue weighted by atomic mass is 10.1. The van der Waals surface area contributed by atoms with Crippen LogP contribution < -0.4 is 10.5 Å². The molecule has 1 atom stereocenters. The molecule has 0 bridgehead atoms. The van der Waals surface area contributed by atoms with Crippen molar-refractivity contribution in [2.24, 2.45) is 5.73 Å². The monoisotopic (exact) mass is 217 g/mol. The van der Waals surface area contributed by atoms with E-state index in [1.165, 1.54) is 12.1 Å². The zero-order valence-corrected chi connectivity index (χ0v) is 8.07. The molecule has 84 valence electrons. The topological polar surface area (TPSA) is 55.5 Å². The highest BCUT2D eigenvalue weighted by molar-refractivity contribution is 5.29. The average Bonchev–Trinajstić information content (AvgIpc) is 2.18. The summed E-state index contributed by atoms with van der Waals surface area (Å²) in [7, 11) is 0. The smallest absolute Gasteiger partial charge is 0.387 e. The number of ether oxygens (including phenoxy) is 1. The van der Waals surface area contributed by atoms with Gasteiger partial charge in [0.2, 0.25) is 0 Å². The molecule has 0 radical (unpaired) electrons. The van der Waals surface area contributed by atoms with Crippen molar-refractivity contribution >= 4 is 0 Å². The van der Waals surface area contributed by atoms with E-state index in [0.29, 0.717) is 6.42 Å². The predicted molar refractivity (Wildman–Crippen MR) is 51.7 cm³/mol. The van der Waals surface area contributed by atoms with E-state index in [-0.39, 0.29) is 18.4 Å². The molecule has 1 unspecified atom stereocenters. The summed E-state index contributed by atoms with van der Waals surface area (Å²) in [5, 5.41) is 8.67. The van der Waals surface area contributed by atoms with Gasteiger partial charge in [-0.25, -0.2) is 0 Å². The third kappa shape index (κ3) is 3.81. The van der Waals surface area contributed by atoms with Gasteiger partial charge in [-0.1, -0.05) is 12.1 Å². The number of rotatable bonds is 5. The Kier molecular flexibility index (Phi) is 4.45. The molecule has 0 aliphatic rings. The van der Waals surface area contributed by atoms with Crippen LogP contribution >= 0.6 is 0 Å². The molecule has 3 nitrogen and oxygen atoms in total. The fourth-order valence-electron chi connectivity index (χ4n) is 1.20. The van der Waals surface area contributed by atoms with Crippen molar-refractivity contribution < 1.29 is 18.6 Å². The molecule has 5 heteroatoms. The van der Waals surface area contributed by atoms with E-state index in [1.807, 2.05) is 0 Å². The van der Waals surface area contributed by atoms with Gasteiger partial charge in [0.05, 0.1) is 0 Å². The van der Waals surface area contributed by atoms with Crippen LogP contribution in [0.25, 0.3) is 0 Å². The Hall–Kier alpha value is -1.20. The standard InChI is InChI=1S/C10H13F2NO2/c11-10(12)15-8-3-1-7(2-4-8)9(13)5-6-14/h1-4,9-10,14H,5-6,13H2. The first-order valence-electron chi connectivity index (χ1n) is 4.54. The fraction of sp³-hybridized carbons (Fsp3) is 0.400. The molecule has 0 saturated carbocycles. The van der Waals surface area contributed by atoms with Crippen molar-refractivity contribution in [3.05, 3.63) is 29.8 Å². The van der Waals surface area contributed by atoms with Crippen molar-refractivity contribution in [3.63, 3.8) is 0 Å². The van der Waals surface area contributed by atoms with Gasteiger partial charge >= 0.3 is 6.61 Å². The van der Waals surface area contributed by atoms with Gasteiger partial charge in [0.15, 0.2) is 0 Å². The summed E-state index contributed by atoms with van der Waals surface area (Å²) in [5.41, 5.74) is 6.49. The summed E-state index contributed by atoms with van der Waals surface area (Å²) < 4.78 is 27.8. The summed E-state index contributed by atoms with van der Waals surface area (Å²) in [6, 6.07) is 5.80. The third-order valence-electron chi connectivity index (χ3n) is 1.97. The van der Waals surface area contributed by atoms with Crippen molar-refractivity contribution in [2.45, 2.75) is 19.1 Å². The highest BCUT2D eigenvalue weighted by Gasteiger charge is 2.07. The summed E-state index contributed by atoms with van der Waals surface area (Å²) in [6.45, 7) is -2.82. The van der Waals surface area contributed by atoms with Gasteiger partial charge in [-0.15, -0.1) is 0 Å². The maximum Gasteiger partial charge on any atom is 0.387 e. The van der Waals surface area contributed by atoms with Gasteiger partial charge in [-0.2, -0.15) is 8.78 Å². The van der Waals surface area contributed by atoms with Crippen LogP contribution in [-0.2, 0) is 0 Å². The highest BCUT2D eigenvalue weighted by atomic mass is 19.3. The molecule has 0 aliphatic carbocycles. The van der Waals surface area contributed by atoms with Crippen molar-refractivity contribution in [2.75, 3.05) is 6.61 Å². The molecule has 1 aromatic carbocycles. The second-order valence-corrected chi connectivity index (χ2v) is 3.07. The lowest BCUT2D eigenvalue weighted by Gasteiger charge is -2.11. The molecule has 0 aromatic heterocycles. The predicted octanol–water partition coefficient (Wildman–Crippen LogP) is 1.67. The first kappa shape index (κ1) is 11.9. The van der Waals surface area contributed by atoms with E-state index >= 15 is 0 Å². The van der Waals surface area contributed by atoms with E-state index in [4.69, 9.17) is 10.8 Å². The maximum atomic E-state index is 11.8. The lowest BCUT2D eigenvalue weighted by Crippen LogP contribution is -2.11. The van der Waals surface area contributed by atoms with Gasteiger partial charge in [0.25, 0.3) is 0 Å². The average molecular weight is 217 g/mol. The summed E-state index contributed by atoms with van der Waals surface area (Å²) in [4.78, 5) is 0. The van der Waals surface area contributed by atoms with Crippen molar-refractivity contribution in [1.29, 1.82) is 0 Å². The molecule has 0 spiro atoms. The van der Waals surface area contributed by atoms with Crippen molar-refractivity contribution in [3.8, 4) is 5.75 Å². The largest absolute Gasteiger partial charge is 0.435 e. The van der Waals surface area contributed by atoms with E-state index in [9.17, 15) is 8.78 Å². The molecule has 0 fully saturated rings. The Labute approximate surface area is 86.5 Å². The van der Waals surface area contributed by atoms with E-state index in [2.05, 4.69) is 4.74 Å². The first-order chi connectivity index (χ1) is 7.13. The Morgan fingerprint density at radius 1 is 1.27 bits per heavy atom. The lowest BCUT2D eigenvalue weighted by molar-refractivity contribution is -0.0498. The van der Waals surface area contributed by atoms with E-state index < -0.39 is 6.61 Å². The van der Waals surface area contributed by atoms with Crippen LogP contribution in [0, 0.1) is 0 Å². The second-order valence-electron chi connectivity index (χ2n) is 3.07. The van der Waals surface area contributed by atoms with Gasteiger partial charge in [-0.05, 0) is 24.1 Å². The van der Waals surface area contributed by atoms with Crippen LogP contribution in [0.5, 0.6) is 5.75 Å². The first-order valence-corrected chi connectivity index (χ1v) is 4.54. The number of benzene rings is 1. The molecular weight excluding hydrogens is 204 g/mol. The highest BCUT2D eigenvalue weighted by Crippen LogP contribution is 2.19. The molecule has 0 amide bonds. The van der Waals surface area contributed by atoms with Gasteiger partial charge in [0, 0.05) is 12.6 Å². The number of aliphatic hydroxyl groups excluding tert-OH is 1. The molecule has 0 heterocycles. The van der Waals surface area contributed by atoms with Gasteiger partial charge in [-0.3, -0.25) is 0 Å². The number of nitrogens with two attached hydrogens (primary N) is 1. The molecule has 3 N–H and O–H groups in total. The van der Waals surface area contributed by atoms with Crippen LogP contribution in [0.4, 0.5) is 8.78 Å². The van der Waals surface area contributed by atoms with E-state index in [1.54, 1.807) is 12.1 Å². The van der Waals surface area contributed by atoms with Crippen LogP contribution in [0.3, 0.4) is 0 Å². The van der Waals surface area contributed by atoms with Gasteiger partial charge < -0.3 is 15.6 Å². The number of halogens is 2. The quantitative estimate of drug-likeness (QED) is 0.788. The fourth-order valence-corrected chi connectivity index (χ4v) is 1.20. The molecule has 1 rings (SSSR count). The minimum Gasteiger partial charge on any atom is -0.435 e. The molecule has 1 aromatic rings. The summed E-state index contributed by atoms with van der Waals surface area (Å²) >= 11 is 0. The SMILES string of the molecule is NC(CCO)c1ccc(OC(F)F)cc1. The maximum absolute atomic E-state index is 11.8. The Morgan fingerprint density at radius 3 is 2.33 bits per heavy atom. The van der Waals surface area contributed by atoms with Crippen LogP contribution in [-0.4, -0.2) is 18.3 Å². The number of hydrogen-bond acceptors (Lipinski definition) is 3. The van der Waals surface area contributed by atoms with Crippen LogP contribution in [0.15, 0.2) is 24.3 Å². The Morgan fingerprint density at radius 2 is 1.87 bits per heavy atom. The molecule has 15 heavy (non-hydrogen) atoms. The second kappa shape index (κ2) is 5.63. The van der Waals surface area contributed by atoms with E-state index in [0.717, 1.165) is 5.56 Å². The Balaban J connectivity index is 2.63. The van der Waals surface area contributed by atoms with Crippen LogP contribution in [0.2, 0.25) is 0 Å². The third-order valence-corrected chi connectivity index (χ3v) is 1.97. The minimum absolute atomic E-state index is 0.00352. The van der Waals surface area contributed by atoms with Crippen LogP contribution in [0.1, 0.15) is 18.0 Å². The minimum atomic E-state index is -2.82. The molecule has 0 aliphatic heterocycles. The number of hydrogen-bond donors (Lipinski definition) is 2. The Bertz CT molecular complexity index is 290.